The predicted octanol–water partition coefficient (Wildman–Crippen LogP) is 15.0. The Bertz CT molecular complexity index is 3400. The molecule has 9 rings (SSSR count). The Hall–Kier alpha value is -5.88. The summed E-state index contributed by atoms with van der Waals surface area (Å²) < 4.78 is 135. The molecule has 303 valence electrons. The fourth-order valence-corrected chi connectivity index (χ4v) is 6.99. The van der Waals surface area contributed by atoms with Crippen molar-refractivity contribution < 1.29 is 52.8 Å². The maximum atomic E-state index is 13.5. The Kier molecular flexibility index (Phi) is 8.56. The average molecular weight is 984 g/mol. The molecule has 6 aromatic carbocycles. The molecule has 7 heteroatoms. The monoisotopic (exact) mass is 984 g/mol. The van der Waals surface area contributed by atoms with Crippen LogP contribution in [0.15, 0.2) is 144 Å². The van der Waals surface area contributed by atoms with Crippen molar-refractivity contribution in [3.05, 3.63) is 180 Å². The maximum Gasteiger partial charge on any atom is 0.416 e. The molecular weight excluding hydrogens is 930 g/mol. The summed E-state index contributed by atoms with van der Waals surface area (Å²) >= 11 is 0. The number of nitrogens with zero attached hydrogens (tertiary/aromatic N) is 2. The Labute approximate surface area is 378 Å². The van der Waals surface area contributed by atoms with E-state index in [4.69, 9.17) is 19.5 Å². The fraction of sp³-hybridized carbons (Fsp3) is 0.170. The van der Waals surface area contributed by atoms with E-state index in [2.05, 4.69) is 22.1 Å². The molecule has 0 bridgehead atoms. The van der Waals surface area contributed by atoms with Gasteiger partial charge in [0.05, 0.1) is 11.1 Å². The number of rotatable bonds is 5. The molecule has 0 N–H and O–H groups in total. The molecule has 0 saturated carbocycles. The van der Waals surface area contributed by atoms with Gasteiger partial charge in [0.2, 0.25) is 0 Å². The van der Waals surface area contributed by atoms with Crippen LogP contribution in [-0.4, -0.2) is 9.97 Å². The summed E-state index contributed by atoms with van der Waals surface area (Å²) in [6.45, 7) is -2.38. The topological polar surface area (TPSA) is 38.9 Å². The number of halogens is 3. The van der Waals surface area contributed by atoms with Gasteiger partial charge in [-0.15, -0.1) is 47.5 Å². The van der Waals surface area contributed by atoms with Crippen LogP contribution in [0.25, 0.3) is 77.5 Å². The minimum absolute atomic E-state index is 0. The molecule has 3 heterocycles. The quantitative estimate of drug-likeness (QED) is 0.161. The first-order chi connectivity index (χ1) is 32.6. The number of hydrogen-bond donors (Lipinski definition) is 0. The van der Waals surface area contributed by atoms with Gasteiger partial charge in [-0.2, -0.15) is 13.2 Å². The average Bonchev–Trinajstić information content (AvgIpc) is 3.70. The van der Waals surface area contributed by atoms with Crippen LogP contribution in [0.4, 0.5) is 13.2 Å². The minimum Gasteiger partial charge on any atom is -0.500 e. The zero-order valence-electron chi connectivity index (χ0n) is 43.5. The first kappa shape index (κ1) is 30.2. The second-order valence-electron chi connectivity index (χ2n) is 15.1. The molecule has 0 aliphatic carbocycles. The van der Waals surface area contributed by atoms with Crippen molar-refractivity contribution in [2.45, 2.75) is 53.9 Å². The zero-order valence-corrected chi connectivity index (χ0v) is 34.9. The summed E-state index contributed by atoms with van der Waals surface area (Å²) in [5.41, 5.74) is 2.31. The van der Waals surface area contributed by atoms with Crippen LogP contribution in [0.2, 0.25) is 0 Å². The van der Waals surface area contributed by atoms with Crippen LogP contribution in [0.3, 0.4) is 0 Å². The van der Waals surface area contributed by atoms with Crippen molar-refractivity contribution in [2.24, 2.45) is 5.41 Å². The molecule has 3 nitrogen and oxygen atoms in total. The molecule has 60 heavy (non-hydrogen) atoms. The van der Waals surface area contributed by atoms with Gasteiger partial charge in [0.25, 0.3) is 0 Å². The van der Waals surface area contributed by atoms with Crippen molar-refractivity contribution in [3.63, 3.8) is 0 Å². The number of aryl methyl sites for hydroxylation is 3. The normalized spacial score (nSPS) is 15.3. The van der Waals surface area contributed by atoms with E-state index in [1.807, 2.05) is 93.6 Å². The van der Waals surface area contributed by atoms with Gasteiger partial charge in [-0.1, -0.05) is 135 Å². The Morgan fingerprint density at radius 3 is 2.13 bits per heavy atom. The van der Waals surface area contributed by atoms with Gasteiger partial charge in [0.1, 0.15) is 5.58 Å². The van der Waals surface area contributed by atoms with Crippen molar-refractivity contribution in [3.8, 4) is 44.8 Å². The van der Waals surface area contributed by atoms with Crippen LogP contribution in [0.1, 0.15) is 63.7 Å². The largest absolute Gasteiger partial charge is 0.500 e. The molecule has 9 aromatic rings. The first-order valence-corrected chi connectivity index (χ1v) is 18.7. The molecule has 0 amide bonds. The van der Waals surface area contributed by atoms with E-state index in [9.17, 15) is 13.2 Å². The molecular formula is C53H43F3IrN2O-2. The van der Waals surface area contributed by atoms with E-state index in [0.29, 0.717) is 45.2 Å². The number of fused-ring (bicyclic) bond motifs is 5. The third-order valence-corrected chi connectivity index (χ3v) is 9.71. The maximum absolute atomic E-state index is 13.5. The third kappa shape index (κ3) is 8.84. The van der Waals surface area contributed by atoms with E-state index in [0.717, 1.165) is 45.4 Å². The summed E-state index contributed by atoms with van der Waals surface area (Å²) in [7, 11) is 0. The number of pyridine rings is 2. The van der Waals surface area contributed by atoms with Crippen LogP contribution in [0.5, 0.6) is 0 Å². The number of furan rings is 1. The molecule has 0 atom stereocenters. The van der Waals surface area contributed by atoms with E-state index in [1.165, 1.54) is 12.1 Å². The van der Waals surface area contributed by atoms with Gasteiger partial charge in [-0.3, -0.25) is 0 Å². The SMILES string of the molecule is [2H]C([2H])([2H])c1c[c-]c(-c2ccc(C([2H])([2H])C(C)(C)C)cn2)cc1-c1ccccc1.[2H]C([2H])([2H])c1cnc(-c2[c-]ccc3c2oc2c4ccccc4ccc32)cc1-c1ccc(C(F)(F)F)cc1C([2H])([2H])[2H].[Ir]. The standard InChI is InChI=1S/C30H19F3NO.C23H24N.Ir/c1-17-14-20(30(31,32)33)11-13-21(17)26-15-27(34-16-18(26)2)25-9-5-8-23-24-12-10-19-6-3-4-7-22(19)28(24)35-29(23)25;1-17-10-12-20(14-21(17)19-8-6-5-7-9-19)22-13-11-18(16-24-22)15-23(2,3)4;/h3-8,10-16H,1-2H3;5-11,13-14,16H,15H2,1-4H3;/q2*-1;/i1D3,2D3;1D3,15D2;. The molecule has 0 unspecified atom stereocenters. The number of benzene rings is 6. The van der Waals surface area contributed by atoms with E-state index in [-0.39, 0.29) is 48.1 Å². The van der Waals surface area contributed by atoms with Gasteiger partial charge in [0.15, 0.2) is 0 Å². The van der Waals surface area contributed by atoms with Crippen molar-refractivity contribution in [2.75, 3.05) is 0 Å². The predicted molar refractivity (Wildman–Crippen MR) is 235 cm³/mol. The summed E-state index contributed by atoms with van der Waals surface area (Å²) in [6.07, 6.45) is -3.66. The van der Waals surface area contributed by atoms with Gasteiger partial charge < -0.3 is 14.4 Å². The molecule has 0 aliphatic heterocycles. The van der Waals surface area contributed by atoms with Crippen molar-refractivity contribution in [1.82, 2.24) is 9.97 Å². The van der Waals surface area contributed by atoms with Gasteiger partial charge in [-0.05, 0) is 87.8 Å². The third-order valence-electron chi connectivity index (χ3n) is 9.71. The second-order valence-corrected chi connectivity index (χ2v) is 15.1. The first-order valence-electron chi connectivity index (χ1n) is 24.2. The molecule has 0 spiro atoms. The number of aromatic nitrogens is 2. The molecule has 0 saturated heterocycles. The molecule has 3 aromatic heterocycles. The zero-order chi connectivity index (χ0) is 50.8. The number of hydrogen-bond acceptors (Lipinski definition) is 3. The number of alkyl halides is 3. The van der Waals surface area contributed by atoms with Gasteiger partial charge in [0, 0.05) is 58.3 Å². The van der Waals surface area contributed by atoms with Crippen LogP contribution < -0.4 is 0 Å². The van der Waals surface area contributed by atoms with E-state index >= 15 is 0 Å². The van der Waals surface area contributed by atoms with E-state index < -0.39 is 49.6 Å². The smallest absolute Gasteiger partial charge is 0.416 e. The second kappa shape index (κ2) is 17.0. The molecule has 1 radical (unpaired) electrons. The van der Waals surface area contributed by atoms with Crippen LogP contribution in [-0.2, 0) is 32.7 Å². The Morgan fingerprint density at radius 2 is 1.40 bits per heavy atom. The summed E-state index contributed by atoms with van der Waals surface area (Å²) in [5, 5.41) is 3.48. The van der Waals surface area contributed by atoms with Gasteiger partial charge in [-0.25, -0.2) is 0 Å². The Balaban J connectivity index is 0.000000219. The summed E-state index contributed by atoms with van der Waals surface area (Å²) in [5.74, 6) is 0. The van der Waals surface area contributed by atoms with Gasteiger partial charge >= 0.3 is 6.18 Å². The summed E-state index contributed by atoms with van der Waals surface area (Å²) in [6, 6.07) is 41.1. The van der Waals surface area contributed by atoms with Crippen molar-refractivity contribution >= 4 is 32.7 Å². The fourth-order valence-electron chi connectivity index (χ4n) is 6.99. The summed E-state index contributed by atoms with van der Waals surface area (Å²) in [4.78, 5) is 8.80. The van der Waals surface area contributed by atoms with Crippen molar-refractivity contribution in [1.29, 1.82) is 0 Å². The molecule has 0 fully saturated rings. The van der Waals surface area contributed by atoms with E-state index in [1.54, 1.807) is 30.5 Å². The van der Waals surface area contributed by atoms with Crippen LogP contribution in [0, 0.1) is 38.1 Å². The van der Waals surface area contributed by atoms with Crippen LogP contribution >= 0.6 is 0 Å². The Morgan fingerprint density at radius 1 is 0.650 bits per heavy atom. The minimum atomic E-state index is -4.79. The molecule has 0 aliphatic rings.